The maximum Gasteiger partial charge on any atom is 0.154 e. The van der Waals surface area contributed by atoms with Gasteiger partial charge in [0.25, 0.3) is 0 Å². The highest BCUT2D eigenvalue weighted by atomic mass is 16.5. The van der Waals surface area contributed by atoms with Crippen LogP contribution in [-0.2, 0) is 5.60 Å². The van der Waals surface area contributed by atoms with Gasteiger partial charge in [0.15, 0.2) is 5.60 Å². The third-order valence-electron chi connectivity index (χ3n) is 6.18. The van der Waals surface area contributed by atoms with Crippen molar-refractivity contribution in [3.63, 3.8) is 0 Å². The third-order valence-corrected chi connectivity index (χ3v) is 6.18. The van der Waals surface area contributed by atoms with Crippen molar-refractivity contribution in [2.45, 2.75) is 37.7 Å². The van der Waals surface area contributed by atoms with E-state index in [-0.39, 0.29) is 5.92 Å². The fraction of sp³-hybridized carbons (Fsp3) is 0.385. The summed E-state index contributed by atoms with van der Waals surface area (Å²) in [6.07, 6.45) is 4.98. The van der Waals surface area contributed by atoms with Gasteiger partial charge in [0.05, 0.1) is 6.26 Å². The second-order valence-electron chi connectivity index (χ2n) is 8.04. The van der Waals surface area contributed by atoms with Crippen LogP contribution in [0.1, 0.15) is 49.0 Å². The van der Waals surface area contributed by atoms with Crippen LogP contribution in [0.4, 0.5) is 0 Å². The van der Waals surface area contributed by atoms with E-state index in [1.165, 1.54) is 25.9 Å². The van der Waals surface area contributed by atoms with Crippen LogP contribution in [-0.4, -0.2) is 36.2 Å². The number of benzene rings is 2. The first kappa shape index (κ1) is 20.7. The quantitative estimate of drug-likeness (QED) is 0.533. The SMILES string of the molecule is CC[C@H](c1ccccc1)[C@](O)(c1ccc(OCCN2CCCC2)cc1)c1ccco1. The molecular formula is C26H31NO3. The summed E-state index contributed by atoms with van der Waals surface area (Å²) in [6.45, 7) is 6.10. The Hall–Kier alpha value is -2.56. The molecule has 2 aromatic carbocycles. The van der Waals surface area contributed by atoms with Gasteiger partial charge >= 0.3 is 0 Å². The number of furan rings is 1. The van der Waals surface area contributed by atoms with E-state index < -0.39 is 5.60 Å². The molecule has 1 aromatic heterocycles. The average Bonchev–Trinajstić information content (AvgIpc) is 3.50. The zero-order chi connectivity index (χ0) is 20.8. The molecule has 1 fully saturated rings. The monoisotopic (exact) mass is 405 g/mol. The summed E-state index contributed by atoms with van der Waals surface area (Å²) < 4.78 is 11.7. The molecule has 4 heteroatoms. The van der Waals surface area contributed by atoms with Gasteiger partial charge < -0.3 is 14.3 Å². The molecule has 1 N–H and O–H groups in total. The van der Waals surface area contributed by atoms with E-state index >= 15 is 0 Å². The largest absolute Gasteiger partial charge is 0.492 e. The molecule has 0 unspecified atom stereocenters. The fourth-order valence-electron chi connectivity index (χ4n) is 4.57. The summed E-state index contributed by atoms with van der Waals surface area (Å²) in [4.78, 5) is 2.44. The second kappa shape index (κ2) is 9.50. The maximum absolute atomic E-state index is 12.0. The smallest absolute Gasteiger partial charge is 0.154 e. The lowest BCUT2D eigenvalue weighted by atomic mass is 9.74. The van der Waals surface area contributed by atoms with E-state index in [0.29, 0.717) is 12.4 Å². The Bertz CT molecular complexity index is 886. The highest BCUT2D eigenvalue weighted by molar-refractivity contribution is 5.40. The van der Waals surface area contributed by atoms with Gasteiger partial charge in [-0.15, -0.1) is 0 Å². The van der Waals surface area contributed by atoms with Crippen molar-refractivity contribution in [1.82, 2.24) is 4.90 Å². The maximum atomic E-state index is 12.0. The molecule has 30 heavy (non-hydrogen) atoms. The molecule has 1 aliphatic heterocycles. The molecule has 0 saturated carbocycles. The Morgan fingerprint density at radius 2 is 1.73 bits per heavy atom. The Morgan fingerprint density at radius 3 is 2.37 bits per heavy atom. The van der Waals surface area contributed by atoms with E-state index in [1.54, 1.807) is 6.26 Å². The molecule has 0 aliphatic carbocycles. The van der Waals surface area contributed by atoms with E-state index in [4.69, 9.17) is 9.15 Å². The van der Waals surface area contributed by atoms with Gasteiger partial charge in [0, 0.05) is 12.5 Å². The number of nitrogens with zero attached hydrogens (tertiary/aromatic N) is 1. The van der Waals surface area contributed by atoms with Crippen LogP contribution in [0.25, 0.3) is 0 Å². The van der Waals surface area contributed by atoms with Crippen LogP contribution in [0.2, 0.25) is 0 Å². The summed E-state index contributed by atoms with van der Waals surface area (Å²) in [5.74, 6) is 1.25. The predicted molar refractivity (Wildman–Crippen MR) is 119 cm³/mol. The summed E-state index contributed by atoms with van der Waals surface area (Å²) in [5, 5.41) is 12.0. The molecule has 4 nitrogen and oxygen atoms in total. The molecule has 158 valence electrons. The van der Waals surface area contributed by atoms with Gasteiger partial charge in [-0.2, -0.15) is 0 Å². The van der Waals surface area contributed by atoms with Gasteiger partial charge in [-0.3, -0.25) is 4.90 Å². The highest BCUT2D eigenvalue weighted by Crippen LogP contribution is 2.44. The van der Waals surface area contributed by atoms with Crippen LogP contribution in [0.15, 0.2) is 77.4 Å². The van der Waals surface area contributed by atoms with Gasteiger partial charge in [0.1, 0.15) is 18.1 Å². The number of hydrogen-bond donors (Lipinski definition) is 1. The van der Waals surface area contributed by atoms with Crippen LogP contribution in [0.3, 0.4) is 0 Å². The van der Waals surface area contributed by atoms with E-state index in [1.807, 2.05) is 54.6 Å². The molecule has 3 aromatic rings. The number of hydrogen-bond acceptors (Lipinski definition) is 4. The molecule has 0 bridgehead atoms. The minimum atomic E-state index is -1.26. The van der Waals surface area contributed by atoms with E-state index in [9.17, 15) is 5.11 Å². The van der Waals surface area contributed by atoms with Gasteiger partial charge in [-0.05, 0) is 67.7 Å². The summed E-state index contributed by atoms with van der Waals surface area (Å²) >= 11 is 0. The standard InChI is InChI=1S/C26H31NO3/c1-2-24(21-9-4-3-5-10-21)26(28,25-11-8-19-30-25)22-12-14-23(15-13-22)29-20-18-27-16-6-7-17-27/h3-5,8-15,19,24,28H,2,6-7,16-18,20H2,1H3/t24-,26-/m1/s1. The van der Waals surface area contributed by atoms with Crippen molar-refractivity contribution in [3.8, 4) is 5.75 Å². The minimum absolute atomic E-state index is 0.133. The highest BCUT2D eigenvalue weighted by Gasteiger charge is 2.42. The third kappa shape index (κ3) is 4.30. The second-order valence-corrected chi connectivity index (χ2v) is 8.04. The Labute approximate surface area is 179 Å². The molecule has 1 aliphatic rings. The molecule has 0 spiro atoms. The molecule has 2 heterocycles. The van der Waals surface area contributed by atoms with Gasteiger partial charge in [-0.25, -0.2) is 0 Å². The topological polar surface area (TPSA) is 45.8 Å². The van der Waals surface area contributed by atoms with Crippen LogP contribution < -0.4 is 4.74 Å². The van der Waals surface area contributed by atoms with Crippen LogP contribution in [0, 0.1) is 0 Å². The van der Waals surface area contributed by atoms with Crippen molar-refractivity contribution >= 4 is 0 Å². The van der Waals surface area contributed by atoms with E-state index in [2.05, 4.69) is 24.0 Å². The van der Waals surface area contributed by atoms with Crippen molar-refractivity contribution < 1.29 is 14.3 Å². The Kier molecular flexibility index (Phi) is 6.56. The minimum Gasteiger partial charge on any atom is -0.492 e. The Balaban J connectivity index is 1.56. The lowest BCUT2D eigenvalue weighted by Gasteiger charge is -2.35. The van der Waals surface area contributed by atoms with Crippen molar-refractivity contribution in [2.75, 3.05) is 26.2 Å². The zero-order valence-electron chi connectivity index (χ0n) is 17.7. The zero-order valence-corrected chi connectivity index (χ0v) is 17.7. The number of aliphatic hydroxyl groups is 1. The predicted octanol–water partition coefficient (Wildman–Crippen LogP) is 5.18. The number of likely N-dealkylation sites (tertiary alicyclic amines) is 1. The Morgan fingerprint density at radius 1 is 1.00 bits per heavy atom. The van der Waals surface area contributed by atoms with Crippen molar-refractivity contribution in [1.29, 1.82) is 0 Å². The summed E-state index contributed by atoms with van der Waals surface area (Å²) in [5.41, 5.74) is 0.637. The molecule has 2 atom stereocenters. The lowest BCUT2D eigenvalue weighted by molar-refractivity contribution is 0.0259. The summed E-state index contributed by atoms with van der Waals surface area (Å²) in [7, 11) is 0. The lowest BCUT2D eigenvalue weighted by Crippen LogP contribution is -2.34. The molecular weight excluding hydrogens is 374 g/mol. The number of rotatable bonds is 9. The fourth-order valence-corrected chi connectivity index (χ4v) is 4.57. The van der Waals surface area contributed by atoms with Gasteiger partial charge in [0.2, 0.25) is 0 Å². The molecule has 0 amide bonds. The first-order chi connectivity index (χ1) is 14.7. The number of ether oxygens (including phenoxy) is 1. The molecule has 1 saturated heterocycles. The van der Waals surface area contributed by atoms with Crippen molar-refractivity contribution in [3.05, 3.63) is 89.9 Å². The average molecular weight is 406 g/mol. The first-order valence-electron chi connectivity index (χ1n) is 11.0. The van der Waals surface area contributed by atoms with Crippen LogP contribution in [0.5, 0.6) is 5.75 Å². The van der Waals surface area contributed by atoms with Crippen molar-refractivity contribution in [2.24, 2.45) is 0 Å². The molecule has 0 radical (unpaired) electrons. The van der Waals surface area contributed by atoms with E-state index in [0.717, 1.165) is 29.8 Å². The molecule has 4 rings (SSSR count). The normalized spacial score (nSPS) is 17.5. The van der Waals surface area contributed by atoms with Gasteiger partial charge in [-0.1, -0.05) is 49.4 Å². The first-order valence-corrected chi connectivity index (χ1v) is 11.0. The van der Waals surface area contributed by atoms with Crippen LogP contribution >= 0.6 is 0 Å². The summed E-state index contributed by atoms with van der Waals surface area (Å²) in [6, 6.07) is 21.6.